The predicted octanol–water partition coefficient (Wildman–Crippen LogP) is 2.91. The van der Waals surface area contributed by atoms with E-state index in [1.54, 1.807) is 18.3 Å². The predicted molar refractivity (Wildman–Crippen MR) is 61.0 cm³/mol. The maximum Gasteiger partial charge on any atom is 0.213 e. The highest BCUT2D eigenvalue weighted by atomic mass is 16.5. The van der Waals surface area contributed by atoms with Crippen LogP contribution in [0.1, 0.15) is 38.2 Å². The molecule has 0 spiro atoms. The third kappa shape index (κ3) is 2.73. The highest BCUT2D eigenvalue weighted by Gasteiger charge is 2.19. The molecule has 0 saturated heterocycles. The molecule has 1 saturated carbocycles. The van der Waals surface area contributed by atoms with Gasteiger partial charge in [-0.25, -0.2) is 4.98 Å². The summed E-state index contributed by atoms with van der Waals surface area (Å²) in [6.07, 6.45) is 6.56. The number of rotatable bonds is 2. The van der Waals surface area contributed by atoms with Crippen LogP contribution in [0.3, 0.4) is 0 Å². The van der Waals surface area contributed by atoms with E-state index in [4.69, 9.17) is 10.00 Å². The first-order valence-corrected chi connectivity index (χ1v) is 5.80. The van der Waals surface area contributed by atoms with Crippen LogP contribution in [0.25, 0.3) is 0 Å². The van der Waals surface area contributed by atoms with Crippen molar-refractivity contribution in [2.75, 3.05) is 0 Å². The van der Waals surface area contributed by atoms with Crippen molar-refractivity contribution in [2.24, 2.45) is 5.92 Å². The van der Waals surface area contributed by atoms with Gasteiger partial charge >= 0.3 is 0 Å². The zero-order valence-corrected chi connectivity index (χ0v) is 9.52. The van der Waals surface area contributed by atoms with Gasteiger partial charge in [0.2, 0.25) is 5.88 Å². The summed E-state index contributed by atoms with van der Waals surface area (Å²) in [5, 5.41) is 8.65. The van der Waals surface area contributed by atoms with Crippen LogP contribution < -0.4 is 4.74 Å². The van der Waals surface area contributed by atoms with Crippen LogP contribution in [-0.2, 0) is 0 Å². The Hall–Kier alpha value is -1.56. The summed E-state index contributed by atoms with van der Waals surface area (Å²) in [5.74, 6) is 1.47. The fourth-order valence-corrected chi connectivity index (χ4v) is 2.03. The highest BCUT2D eigenvalue weighted by Crippen LogP contribution is 2.26. The molecule has 0 atom stereocenters. The molecule has 1 aliphatic carbocycles. The van der Waals surface area contributed by atoms with Crippen molar-refractivity contribution in [1.29, 1.82) is 5.26 Å². The zero-order chi connectivity index (χ0) is 11.4. The first-order chi connectivity index (χ1) is 7.78. The molecule has 16 heavy (non-hydrogen) atoms. The summed E-state index contributed by atoms with van der Waals surface area (Å²) in [6.45, 7) is 2.29. The lowest BCUT2D eigenvalue weighted by Gasteiger charge is -2.26. The molecule has 1 aliphatic rings. The standard InChI is InChI=1S/C13H16N2O/c1-10-2-5-12(6-3-10)16-13-7-4-11(8-14)9-15-13/h4,7,9-10,12H,2-3,5-6H2,1H3. The molecule has 0 bridgehead atoms. The minimum atomic E-state index is 0.302. The fraction of sp³-hybridized carbons (Fsp3) is 0.538. The van der Waals surface area contributed by atoms with E-state index in [-0.39, 0.29) is 0 Å². The maximum absolute atomic E-state index is 8.65. The molecule has 84 valence electrons. The minimum absolute atomic E-state index is 0.302. The third-order valence-electron chi connectivity index (χ3n) is 3.12. The summed E-state index contributed by atoms with van der Waals surface area (Å²) in [6, 6.07) is 5.56. The Morgan fingerprint density at radius 3 is 2.62 bits per heavy atom. The monoisotopic (exact) mass is 216 g/mol. The van der Waals surface area contributed by atoms with Crippen LogP contribution in [0.15, 0.2) is 18.3 Å². The van der Waals surface area contributed by atoms with Gasteiger partial charge in [-0.3, -0.25) is 0 Å². The number of hydrogen-bond donors (Lipinski definition) is 0. The second-order valence-electron chi connectivity index (χ2n) is 4.50. The van der Waals surface area contributed by atoms with Crippen LogP contribution >= 0.6 is 0 Å². The number of hydrogen-bond acceptors (Lipinski definition) is 3. The average molecular weight is 216 g/mol. The molecule has 1 aromatic rings. The van der Waals surface area contributed by atoms with Gasteiger partial charge in [0.1, 0.15) is 12.2 Å². The summed E-state index contributed by atoms with van der Waals surface area (Å²) in [5.41, 5.74) is 0.574. The average Bonchev–Trinajstić information content (AvgIpc) is 2.33. The SMILES string of the molecule is CC1CCC(Oc2ccc(C#N)cn2)CC1. The lowest BCUT2D eigenvalue weighted by molar-refractivity contribution is 0.130. The van der Waals surface area contributed by atoms with Crippen molar-refractivity contribution >= 4 is 0 Å². The van der Waals surface area contributed by atoms with Gasteiger partial charge in [0.15, 0.2) is 0 Å². The van der Waals surface area contributed by atoms with Crippen molar-refractivity contribution in [3.05, 3.63) is 23.9 Å². The largest absolute Gasteiger partial charge is 0.474 e. The topological polar surface area (TPSA) is 45.9 Å². The quantitative estimate of drug-likeness (QED) is 0.763. The van der Waals surface area contributed by atoms with Gasteiger partial charge < -0.3 is 4.74 Å². The molecule has 3 heteroatoms. The molecule has 1 fully saturated rings. The Morgan fingerprint density at radius 2 is 2.06 bits per heavy atom. The Labute approximate surface area is 96.1 Å². The lowest BCUT2D eigenvalue weighted by atomic mass is 9.89. The van der Waals surface area contributed by atoms with Crippen molar-refractivity contribution < 1.29 is 4.74 Å². The summed E-state index contributed by atoms with van der Waals surface area (Å²) >= 11 is 0. The van der Waals surface area contributed by atoms with Gasteiger partial charge in [-0.2, -0.15) is 5.26 Å². The lowest BCUT2D eigenvalue weighted by Crippen LogP contribution is -2.23. The van der Waals surface area contributed by atoms with Crippen LogP contribution in [0.2, 0.25) is 0 Å². The van der Waals surface area contributed by atoms with Crippen LogP contribution in [-0.4, -0.2) is 11.1 Å². The van der Waals surface area contributed by atoms with E-state index in [2.05, 4.69) is 11.9 Å². The van der Waals surface area contributed by atoms with Crippen LogP contribution in [0.4, 0.5) is 0 Å². The van der Waals surface area contributed by atoms with Gasteiger partial charge in [-0.15, -0.1) is 0 Å². The molecular weight excluding hydrogens is 200 g/mol. The Kier molecular flexibility index (Phi) is 3.40. The number of pyridine rings is 1. The Bertz CT molecular complexity index is 372. The molecule has 0 aromatic carbocycles. The fourth-order valence-electron chi connectivity index (χ4n) is 2.03. The van der Waals surface area contributed by atoms with E-state index in [1.165, 1.54) is 12.8 Å². The van der Waals surface area contributed by atoms with E-state index >= 15 is 0 Å². The number of ether oxygens (including phenoxy) is 1. The Balaban J connectivity index is 1.91. The summed E-state index contributed by atoms with van der Waals surface area (Å²) in [4.78, 5) is 4.12. The van der Waals surface area contributed by atoms with E-state index in [9.17, 15) is 0 Å². The zero-order valence-electron chi connectivity index (χ0n) is 9.52. The van der Waals surface area contributed by atoms with Crippen molar-refractivity contribution in [2.45, 2.75) is 38.7 Å². The molecular formula is C13H16N2O. The molecule has 2 rings (SSSR count). The highest BCUT2D eigenvalue weighted by molar-refractivity contribution is 5.28. The molecule has 3 nitrogen and oxygen atoms in total. The number of nitriles is 1. The van der Waals surface area contributed by atoms with Gasteiger partial charge in [-0.1, -0.05) is 6.92 Å². The van der Waals surface area contributed by atoms with Crippen molar-refractivity contribution in [3.8, 4) is 11.9 Å². The Morgan fingerprint density at radius 1 is 1.31 bits per heavy atom. The van der Waals surface area contributed by atoms with Crippen LogP contribution in [0.5, 0.6) is 5.88 Å². The van der Waals surface area contributed by atoms with Crippen molar-refractivity contribution in [1.82, 2.24) is 4.98 Å². The first kappa shape index (κ1) is 10.9. The second-order valence-corrected chi connectivity index (χ2v) is 4.50. The molecule has 0 radical (unpaired) electrons. The molecule has 0 amide bonds. The summed E-state index contributed by atoms with van der Waals surface area (Å²) < 4.78 is 5.78. The van der Waals surface area contributed by atoms with Gasteiger partial charge in [0.25, 0.3) is 0 Å². The van der Waals surface area contributed by atoms with Gasteiger partial charge in [-0.05, 0) is 37.7 Å². The minimum Gasteiger partial charge on any atom is -0.474 e. The number of nitrogens with zero attached hydrogens (tertiary/aromatic N) is 2. The molecule has 1 aromatic heterocycles. The smallest absolute Gasteiger partial charge is 0.213 e. The third-order valence-corrected chi connectivity index (χ3v) is 3.12. The molecule has 0 unspecified atom stereocenters. The summed E-state index contributed by atoms with van der Waals surface area (Å²) in [7, 11) is 0. The van der Waals surface area contributed by atoms with E-state index < -0.39 is 0 Å². The molecule has 0 N–H and O–H groups in total. The normalized spacial score (nSPS) is 24.8. The maximum atomic E-state index is 8.65. The van der Waals surface area contributed by atoms with Gasteiger partial charge in [0.05, 0.1) is 5.56 Å². The second kappa shape index (κ2) is 4.98. The number of aromatic nitrogens is 1. The van der Waals surface area contributed by atoms with E-state index in [1.807, 2.05) is 6.07 Å². The first-order valence-electron chi connectivity index (χ1n) is 5.80. The van der Waals surface area contributed by atoms with E-state index in [0.717, 1.165) is 18.8 Å². The van der Waals surface area contributed by atoms with E-state index in [0.29, 0.717) is 17.5 Å². The van der Waals surface area contributed by atoms with Gasteiger partial charge in [0, 0.05) is 12.3 Å². The molecule has 0 aliphatic heterocycles. The van der Waals surface area contributed by atoms with Crippen LogP contribution in [0, 0.1) is 17.2 Å². The molecule has 1 heterocycles. The van der Waals surface area contributed by atoms with Crippen molar-refractivity contribution in [3.63, 3.8) is 0 Å².